The summed E-state index contributed by atoms with van der Waals surface area (Å²) in [7, 11) is 1.60. The molecule has 0 aliphatic rings. The Morgan fingerprint density at radius 2 is 1.94 bits per heavy atom. The molecule has 0 atom stereocenters. The third-order valence-corrected chi connectivity index (χ3v) is 2.97. The molecule has 5 heteroatoms. The van der Waals surface area contributed by atoms with Gasteiger partial charge in [-0.2, -0.15) is 0 Å². The van der Waals surface area contributed by atoms with Gasteiger partial charge >= 0.3 is 5.69 Å². The summed E-state index contributed by atoms with van der Waals surface area (Å²) < 4.78 is 2.38. The van der Waals surface area contributed by atoms with E-state index >= 15 is 0 Å². The van der Waals surface area contributed by atoms with Crippen LogP contribution in [0.2, 0.25) is 0 Å². The van der Waals surface area contributed by atoms with Crippen LogP contribution in [-0.2, 0) is 18.4 Å². The quantitative estimate of drug-likeness (QED) is 0.779. The molecule has 5 nitrogen and oxygen atoms in total. The molecule has 0 fully saturated rings. The molecular weight excluding hydrogens is 232 g/mol. The summed E-state index contributed by atoms with van der Waals surface area (Å²) in [5.74, 6) is -0.220. The molecule has 0 radical (unpaired) electrons. The maximum Gasteiger partial charge on any atom is 0.331 e. The number of nitrogens with zero attached hydrogens (tertiary/aromatic N) is 2. The molecule has 0 bridgehead atoms. The Hall–Kier alpha value is -2.17. The lowest BCUT2D eigenvalue weighted by Crippen LogP contribution is -2.40. The van der Waals surface area contributed by atoms with Crippen LogP contribution in [0.25, 0.3) is 10.9 Å². The molecule has 1 aromatic carbocycles. The first-order valence-corrected chi connectivity index (χ1v) is 5.62. The summed E-state index contributed by atoms with van der Waals surface area (Å²) in [5, 5.41) is 0.487. The Bertz CT molecular complexity index is 753. The predicted molar refractivity (Wildman–Crippen MR) is 68.9 cm³/mol. The first-order valence-electron chi connectivity index (χ1n) is 5.62. The van der Waals surface area contributed by atoms with E-state index in [1.807, 2.05) is 13.0 Å². The van der Waals surface area contributed by atoms with E-state index in [2.05, 4.69) is 0 Å². The van der Waals surface area contributed by atoms with Gasteiger partial charge in [0.1, 0.15) is 5.78 Å². The number of ketones is 1. The highest BCUT2D eigenvalue weighted by Crippen LogP contribution is 2.11. The summed E-state index contributed by atoms with van der Waals surface area (Å²) in [6.07, 6.45) is 0. The number of hydrogen-bond donors (Lipinski definition) is 0. The largest absolute Gasteiger partial charge is 0.331 e. The number of aryl methyl sites for hydroxylation is 2. The lowest BCUT2D eigenvalue weighted by atomic mass is 10.1. The smallest absolute Gasteiger partial charge is 0.298 e. The fourth-order valence-corrected chi connectivity index (χ4v) is 2.08. The fraction of sp³-hybridized carbons (Fsp3) is 0.308. The van der Waals surface area contributed by atoms with Crippen LogP contribution in [0.1, 0.15) is 12.5 Å². The Balaban J connectivity index is 2.99. The number of rotatable bonds is 2. The lowest BCUT2D eigenvalue weighted by molar-refractivity contribution is -0.117. The van der Waals surface area contributed by atoms with Crippen LogP contribution in [0.4, 0.5) is 0 Å². The van der Waals surface area contributed by atoms with Gasteiger partial charge in [0, 0.05) is 7.05 Å². The monoisotopic (exact) mass is 246 g/mol. The van der Waals surface area contributed by atoms with Crippen molar-refractivity contribution in [3.05, 3.63) is 44.6 Å². The van der Waals surface area contributed by atoms with Gasteiger partial charge in [-0.3, -0.25) is 18.7 Å². The summed E-state index contributed by atoms with van der Waals surface area (Å²) in [6, 6.07) is 5.33. The number of benzene rings is 1. The SMILES string of the molecule is CC(=O)Cn1c(=O)c2c(C)cccc2n(C)c1=O. The van der Waals surface area contributed by atoms with E-state index in [-0.39, 0.29) is 12.3 Å². The van der Waals surface area contributed by atoms with Gasteiger partial charge in [0.25, 0.3) is 5.56 Å². The van der Waals surface area contributed by atoms with Crippen molar-refractivity contribution in [2.24, 2.45) is 7.05 Å². The van der Waals surface area contributed by atoms with Gasteiger partial charge in [-0.25, -0.2) is 4.79 Å². The number of carbonyl (C=O) groups is 1. The van der Waals surface area contributed by atoms with Gasteiger partial charge < -0.3 is 0 Å². The first-order chi connectivity index (χ1) is 8.43. The lowest BCUT2D eigenvalue weighted by Gasteiger charge is -2.10. The molecule has 18 heavy (non-hydrogen) atoms. The van der Waals surface area contributed by atoms with Crippen LogP contribution in [0.5, 0.6) is 0 Å². The molecule has 94 valence electrons. The van der Waals surface area contributed by atoms with E-state index in [9.17, 15) is 14.4 Å². The second-order valence-electron chi connectivity index (χ2n) is 4.40. The zero-order chi connectivity index (χ0) is 13.4. The molecule has 0 aliphatic heterocycles. The van der Waals surface area contributed by atoms with Crippen LogP contribution in [-0.4, -0.2) is 14.9 Å². The summed E-state index contributed by atoms with van der Waals surface area (Å²) in [6.45, 7) is 2.98. The first kappa shape index (κ1) is 12.3. The van der Waals surface area contributed by atoms with Crippen molar-refractivity contribution in [2.75, 3.05) is 0 Å². The molecule has 0 aliphatic carbocycles. The Morgan fingerprint density at radius 3 is 2.56 bits per heavy atom. The zero-order valence-corrected chi connectivity index (χ0v) is 10.6. The molecule has 2 aromatic rings. The van der Waals surface area contributed by atoms with Gasteiger partial charge in [0.15, 0.2) is 0 Å². The average Bonchev–Trinajstić information content (AvgIpc) is 2.31. The molecule has 0 spiro atoms. The molecule has 0 N–H and O–H groups in total. The molecular formula is C13H14N2O3. The Morgan fingerprint density at radius 1 is 1.28 bits per heavy atom. The highest BCUT2D eigenvalue weighted by molar-refractivity contribution is 5.82. The fourth-order valence-electron chi connectivity index (χ4n) is 2.08. The molecule has 0 saturated carbocycles. The van der Waals surface area contributed by atoms with E-state index in [1.54, 1.807) is 19.2 Å². The number of fused-ring (bicyclic) bond motifs is 1. The van der Waals surface area contributed by atoms with E-state index in [1.165, 1.54) is 11.5 Å². The van der Waals surface area contributed by atoms with Crippen LogP contribution in [0.3, 0.4) is 0 Å². The minimum atomic E-state index is -0.465. The zero-order valence-electron chi connectivity index (χ0n) is 10.6. The minimum Gasteiger partial charge on any atom is -0.298 e. The van der Waals surface area contributed by atoms with E-state index < -0.39 is 11.2 Å². The standard InChI is InChI=1S/C13H14N2O3/c1-8-5-4-6-10-11(8)12(17)15(7-9(2)16)13(18)14(10)3/h4-6H,7H2,1-3H3. The van der Waals surface area contributed by atoms with E-state index in [0.717, 1.165) is 10.1 Å². The van der Waals surface area contributed by atoms with Crippen molar-refractivity contribution in [3.63, 3.8) is 0 Å². The number of carbonyl (C=O) groups excluding carboxylic acids is 1. The maximum absolute atomic E-state index is 12.3. The highest BCUT2D eigenvalue weighted by atomic mass is 16.2. The molecule has 0 unspecified atom stereocenters. The van der Waals surface area contributed by atoms with Crippen molar-refractivity contribution in [1.82, 2.24) is 9.13 Å². The molecule has 0 amide bonds. The van der Waals surface area contributed by atoms with Gasteiger partial charge in [-0.15, -0.1) is 0 Å². The van der Waals surface area contributed by atoms with Crippen molar-refractivity contribution < 1.29 is 4.79 Å². The van der Waals surface area contributed by atoms with Crippen LogP contribution in [0, 0.1) is 6.92 Å². The van der Waals surface area contributed by atoms with Crippen LogP contribution < -0.4 is 11.2 Å². The van der Waals surface area contributed by atoms with Gasteiger partial charge in [-0.1, -0.05) is 12.1 Å². The maximum atomic E-state index is 12.3. The highest BCUT2D eigenvalue weighted by Gasteiger charge is 2.13. The number of hydrogen-bond acceptors (Lipinski definition) is 3. The van der Waals surface area contributed by atoms with Crippen molar-refractivity contribution >= 4 is 16.7 Å². The van der Waals surface area contributed by atoms with Crippen molar-refractivity contribution in [3.8, 4) is 0 Å². The molecule has 2 rings (SSSR count). The second-order valence-corrected chi connectivity index (χ2v) is 4.40. The number of Topliss-reactive ketones (excluding diaryl/α,β-unsaturated/α-hetero) is 1. The van der Waals surface area contributed by atoms with E-state index in [0.29, 0.717) is 10.9 Å². The third kappa shape index (κ3) is 1.77. The van der Waals surface area contributed by atoms with E-state index in [4.69, 9.17) is 0 Å². The second kappa shape index (κ2) is 4.25. The normalized spacial score (nSPS) is 10.8. The third-order valence-electron chi connectivity index (χ3n) is 2.97. The van der Waals surface area contributed by atoms with Gasteiger partial charge in [-0.05, 0) is 25.5 Å². The van der Waals surface area contributed by atoms with Gasteiger partial charge in [0.2, 0.25) is 0 Å². The summed E-state index contributed by atoms with van der Waals surface area (Å²) in [5.41, 5.74) is 0.518. The van der Waals surface area contributed by atoms with Crippen LogP contribution >= 0.6 is 0 Å². The summed E-state index contributed by atoms with van der Waals surface area (Å²) in [4.78, 5) is 35.4. The van der Waals surface area contributed by atoms with Crippen molar-refractivity contribution in [2.45, 2.75) is 20.4 Å². The molecule has 1 aromatic heterocycles. The molecule has 0 saturated heterocycles. The van der Waals surface area contributed by atoms with Gasteiger partial charge in [0.05, 0.1) is 17.4 Å². The summed E-state index contributed by atoms with van der Waals surface area (Å²) >= 11 is 0. The predicted octanol–water partition coefficient (Wildman–Crippen LogP) is 0.598. The molecule has 1 heterocycles. The Kier molecular flexibility index (Phi) is 2.90. The Labute approximate surface area is 103 Å². The average molecular weight is 246 g/mol. The van der Waals surface area contributed by atoms with Crippen LogP contribution in [0.15, 0.2) is 27.8 Å². The number of aromatic nitrogens is 2. The minimum absolute atomic E-state index is 0.185. The topological polar surface area (TPSA) is 61.1 Å². The van der Waals surface area contributed by atoms with Crippen molar-refractivity contribution in [1.29, 1.82) is 0 Å².